The van der Waals surface area contributed by atoms with Gasteiger partial charge in [-0.3, -0.25) is 5.32 Å². The van der Waals surface area contributed by atoms with E-state index in [1.54, 1.807) is 24.3 Å². The summed E-state index contributed by atoms with van der Waals surface area (Å²) in [6.07, 6.45) is 0. The molecule has 20 heavy (non-hydrogen) atoms. The van der Waals surface area contributed by atoms with Crippen molar-refractivity contribution in [1.82, 2.24) is 5.32 Å². The number of hydrogen-bond acceptors (Lipinski definition) is 4. The lowest BCUT2D eigenvalue weighted by Crippen LogP contribution is -2.47. The Bertz CT molecular complexity index is 585. The van der Waals surface area contributed by atoms with E-state index in [0.717, 1.165) is 4.88 Å². The molecule has 0 radical (unpaired) electrons. The molecule has 3 nitrogen and oxygen atoms in total. The van der Waals surface area contributed by atoms with Gasteiger partial charge in [0.25, 0.3) is 0 Å². The maximum absolute atomic E-state index is 12.2. The zero-order valence-electron chi connectivity index (χ0n) is 11.4. The number of esters is 1. The van der Waals surface area contributed by atoms with Gasteiger partial charge in [-0.2, -0.15) is 0 Å². The number of carbonyl (C=O) groups is 1. The molecule has 0 aliphatic rings. The number of ether oxygens (including phenoxy) is 1. The molecule has 0 spiro atoms. The zero-order chi connectivity index (χ0) is 14.6. The van der Waals surface area contributed by atoms with Gasteiger partial charge in [-0.25, -0.2) is 4.79 Å². The second-order valence-electron chi connectivity index (χ2n) is 4.53. The van der Waals surface area contributed by atoms with Gasteiger partial charge in [0.2, 0.25) is 0 Å². The fourth-order valence-electron chi connectivity index (χ4n) is 2.03. The van der Waals surface area contributed by atoms with Crippen LogP contribution < -0.4 is 5.32 Å². The second kappa shape index (κ2) is 6.39. The number of halogens is 1. The average Bonchev–Trinajstić information content (AvgIpc) is 2.97. The van der Waals surface area contributed by atoms with Crippen molar-refractivity contribution in [3.05, 3.63) is 57.2 Å². The number of carbonyl (C=O) groups excluding carboxylic acids is 1. The molecule has 1 heterocycles. The van der Waals surface area contributed by atoms with E-state index in [-0.39, 0.29) is 5.97 Å². The van der Waals surface area contributed by atoms with Crippen molar-refractivity contribution in [2.24, 2.45) is 0 Å². The summed E-state index contributed by atoms with van der Waals surface area (Å²) >= 11 is 7.86. The van der Waals surface area contributed by atoms with Crippen LogP contribution in [0.5, 0.6) is 0 Å². The summed E-state index contributed by atoms with van der Waals surface area (Å²) in [7, 11) is 1.38. The Kier molecular flexibility index (Phi) is 4.81. The van der Waals surface area contributed by atoms with Crippen molar-refractivity contribution in [3.8, 4) is 0 Å². The third-order valence-electron chi connectivity index (χ3n) is 3.20. The standard InChI is InChI=1S/C15H16ClNO2S/c1-15(14(18)19-2,12-7-3-4-8-13(12)16)17-10-11-6-5-9-20-11/h3-9,17H,10H2,1-2H3. The number of hydrogen-bond donors (Lipinski definition) is 1. The first kappa shape index (κ1) is 15.0. The Morgan fingerprint density at radius 1 is 1.35 bits per heavy atom. The first-order valence-corrected chi connectivity index (χ1v) is 7.44. The minimum absolute atomic E-state index is 0.359. The van der Waals surface area contributed by atoms with Crippen LogP contribution in [0.4, 0.5) is 0 Å². The van der Waals surface area contributed by atoms with Gasteiger partial charge < -0.3 is 4.74 Å². The summed E-state index contributed by atoms with van der Waals surface area (Å²) in [4.78, 5) is 13.4. The average molecular weight is 310 g/mol. The minimum Gasteiger partial charge on any atom is -0.467 e. The van der Waals surface area contributed by atoms with Crippen LogP contribution in [0.2, 0.25) is 5.02 Å². The minimum atomic E-state index is -0.975. The molecule has 2 aromatic rings. The van der Waals surface area contributed by atoms with Crippen LogP contribution >= 0.6 is 22.9 Å². The van der Waals surface area contributed by atoms with E-state index in [4.69, 9.17) is 16.3 Å². The molecule has 0 fully saturated rings. The second-order valence-corrected chi connectivity index (χ2v) is 5.97. The molecular weight excluding hydrogens is 294 g/mol. The maximum atomic E-state index is 12.2. The van der Waals surface area contributed by atoms with E-state index in [9.17, 15) is 4.79 Å². The Balaban J connectivity index is 2.30. The Labute approximate surface area is 127 Å². The van der Waals surface area contributed by atoms with E-state index in [0.29, 0.717) is 17.1 Å². The molecule has 2 rings (SSSR count). The van der Waals surface area contributed by atoms with Gasteiger partial charge in [0.1, 0.15) is 5.54 Å². The zero-order valence-corrected chi connectivity index (χ0v) is 12.9. The van der Waals surface area contributed by atoms with Gasteiger partial charge in [-0.1, -0.05) is 35.9 Å². The molecule has 0 aliphatic heterocycles. The van der Waals surface area contributed by atoms with Gasteiger partial charge in [-0.15, -0.1) is 11.3 Å². The van der Waals surface area contributed by atoms with Crippen LogP contribution in [0.25, 0.3) is 0 Å². The molecule has 1 atom stereocenters. The Morgan fingerprint density at radius 2 is 2.10 bits per heavy atom. The molecular formula is C15H16ClNO2S. The van der Waals surface area contributed by atoms with Crippen molar-refractivity contribution in [1.29, 1.82) is 0 Å². The monoisotopic (exact) mass is 309 g/mol. The maximum Gasteiger partial charge on any atom is 0.330 e. The van der Waals surface area contributed by atoms with Crippen molar-refractivity contribution in [2.75, 3.05) is 7.11 Å². The summed E-state index contributed by atoms with van der Waals surface area (Å²) < 4.78 is 4.94. The van der Waals surface area contributed by atoms with E-state index >= 15 is 0 Å². The van der Waals surface area contributed by atoms with Gasteiger partial charge in [0, 0.05) is 22.0 Å². The molecule has 1 aromatic heterocycles. The van der Waals surface area contributed by atoms with Crippen LogP contribution in [-0.2, 0) is 21.6 Å². The van der Waals surface area contributed by atoms with E-state index in [1.165, 1.54) is 7.11 Å². The molecule has 1 unspecified atom stereocenters. The van der Waals surface area contributed by atoms with Gasteiger partial charge in [-0.05, 0) is 24.4 Å². The third-order valence-corrected chi connectivity index (χ3v) is 4.41. The molecule has 0 aliphatic carbocycles. The summed E-state index contributed by atoms with van der Waals surface area (Å²) in [5, 5.41) is 5.80. The summed E-state index contributed by atoms with van der Waals surface area (Å²) in [6.45, 7) is 2.36. The normalized spacial score (nSPS) is 13.8. The van der Waals surface area contributed by atoms with Crippen LogP contribution in [0, 0.1) is 0 Å². The highest BCUT2D eigenvalue weighted by molar-refractivity contribution is 7.09. The molecule has 0 amide bonds. The summed E-state index contributed by atoms with van der Waals surface area (Å²) in [5.41, 5.74) is -0.262. The quantitative estimate of drug-likeness (QED) is 0.858. The van der Waals surface area contributed by atoms with Crippen LogP contribution in [0.3, 0.4) is 0 Å². The fourth-order valence-corrected chi connectivity index (χ4v) is 2.99. The Hall–Kier alpha value is -1.36. The van der Waals surface area contributed by atoms with Gasteiger partial charge in [0.15, 0.2) is 0 Å². The Morgan fingerprint density at radius 3 is 2.70 bits per heavy atom. The van der Waals surface area contributed by atoms with Crippen molar-refractivity contribution in [3.63, 3.8) is 0 Å². The van der Waals surface area contributed by atoms with Crippen molar-refractivity contribution in [2.45, 2.75) is 19.0 Å². The molecule has 5 heteroatoms. The van der Waals surface area contributed by atoms with E-state index < -0.39 is 5.54 Å². The van der Waals surface area contributed by atoms with E-state index in [2.05, 4.69) is 5.32 Å². The van der Waals surface area contributed by atoms with Crippen molar-refractivity contribution < 1.29 is 9.53 Å². The number of nitrogens with one attached hydrogen (secondary N) is 1. The molecule has 1 N–H and O–H groups in total. The van der Waals surface area contributed by atoms with Crippen LogP contribution in [0.1, 0.15) is 17.4 Å². The molecule has 0 saturated heterocycles. The SMILES string of the molecule is COC(=O)C(C)(NCc1cccs1)c1ccccc1Cl. The number of rotatable bonds is 5. The van der Waals surface area contributed by atoms with Crippen molar-refractivity contribution >= 4 is 28.9 Å². The molecule has 0 bridgehead atoms. The lowest BCUT2D eigenvalue weighted by Gasteiger charge is -2.29. The fraction of sp³-hybridized carbons (Fsp3) is 0.267. The summed E-state index contributed by atoms with van der Waals surface area (Å²) in [5.74, 6) is -0.359. The lowest BCUT2D eigenvalue weighted by atomic mass is 9.92. The van der Waals surface area contributed by atoms with Gasteiger partial charge in [0.05, 0.1) is 7.11 Å². The number of thiophene rings is 1. The first-order valence-electron chi connectivity index (χ1n) is 6.19. The molecule has 0 saturated carbocycles. The smallest absolute Gasteiger partial charge is 0.330 e. The topological polar surface area (TPSA) is 38.3 Å². The highest BCUT2D eigenvalue weighted by atomic mass is 35.5. The van der Waals surface area contributed by atoms with Crippen LogP contribution in [0.15, 0.2) is 41.8 Å². The first-order chi connectivity index (χ1) is 9.58. The molecule has 1 aromatic carbocycles. The summed E-state index contributed by atoms with van der Waals surface area (Å²) in [6, 6.07) is 11.3. The number of benzene rings is 1. The van der Waals surface area contributed by atoms with Gasteiger partial charge >= 0.3 is 5.97 Å². The number of methoxy groups -OCH3 is 1. The third kappa shape index (κ3) is 3.03. The van der Waals surface area contributed by atoms with Crippen LogP contribution in [-0.4, -0.2) is 13.1 Å². The lowest BCUT2D eigenvalue weighted by molar-refractivity contribution is -0.148. The largest absolute Gasteiger partial charge is 0.467 e. The predicted molar refractivity (Wildman–Crippen MR) is 82.0 cm³/mol. The highest BCUT2D eigenvalue weighted by Crippen LogP contribution is 2.29. The highest BCUT2D eigenvalue weighted by Gasteiger charge is 2.37. The molecule has 106 valence electrons. The van der Waals surface area contributed by atoms with E-state index in [1.807, 2.05) is 35.7 Å². The predicted octanol–water partition coefficient (Wildman–Crippen LogP) is 3.58.